The lowest BCUT2D eigenvalue weighted by atomic mass is 10.3. The van der Waals surface area contributed by atoms with Crippen LogP contribution in [0.15, 0.2) is 29.2 Å². The number of benzene rings is 1. The van der Waals surface area contributed by atoms with Crippen LogP contribution in [0.3, 0.4) is 0 Å². The van der Waals surface area contributed by atoms with Gasteiger partial charge in [0.2, 0.25) is 5.91 Å². The number of hydrogen-bond donors (Lipinski definition) is 2. The summed E-state index contributed by atoms with van der Waals surface area (Å²) in [5.41, 5.74) is 0. The number of piperazine rings is 1. The number of rotatable bonds is 7. The summed E-state index contributed by atoms with van der Waals surface area (Å²) < 4.78 is 0. The highest BCUT2D eigenvalue weighted by atomic mass is 35.5. The molecular weight excluding hydrogens is 318 g/mol. The molecule has 0 saturated carbocycles. The highest BCUT2D eigenvalue weighted by molar-refractivity contribution is 8.00. The van der Waals surface area contributed by atoms with Crippen molar-refractivity contribution in [3.05, 3.63) is 29.3 Å². The maximum absolute atomic E-state index is 12.1. The lowest BCUT2D eigenvalue weighted by molar-refractivity contribution is -0.120. The standard InChI is InChI=1S/C16H24ClN3OS/c1-13(22-15-5-3-14(17)4-6-15)16(21)19-7-2-10-20-11-8-18-9-12-20/h3-6,13,18H,2,7-12H2,1H3,(H,19,21). The van der Waals surface area contributed by atoms with Crippen molar-refractivity contribution in [2.24, 2.45) is 0 Å². The third kappa shape index (κ3) is 6.16. The Bertz CT molecular complexity index is 463. The maximum atomic E-state index is 12.1. The van der Waals surface area contributed by atoms with E-state index in [4.69, 9.17) is 11.6 Å². The van der Waals surface area contributed by atoms with E-state index in [1.165, 1.54) is 0 Å². The number of nitrogens with one attached hydrogen (secondary N) is 2. The average Bonchev–Trinajstić information content (AvgIpc) is 2.54. The SMILES string of the molecule is CC(Sc1ccc(Cl)cc1)C(=O)NCCCN1CCNCC1. The Morgan fingerprint density at radius 2 is 2.05 bits per heavy atom. The lowest BCUT2D eigenvalue weighted by Gasteiger charge is -2.27. The summed E-state index contributed by atoms with van der Waals surface area (Å²) in [5, 5.41) is 6.99. The van der Waals surface area contributed by atoms with Crippen LogP contribution in [0.25, 0.3) is 0 Å². The molecule has 1 amide bonds. The van der Waals surface area contributed by atoms with Crippen LogP contribution in [0.1, 0.15) is 13.3 Å². The Hall–Kier alpha value is -0.750. The van der Waals surface area contributed by atoms with Gasteiger partial charge in [-0.3, -0.25) is 4.79 Å². The zero-order valence-corrected chi connectivity index (χ0v) is 14.6. The molecule has 2 N–H and O–H groups in total. The predicted molar refractivity (Wildman–Crippen MR) is 93.7 cm³/mol. The third-order valence-electron chi connectivity index (χ3n) is 3.66. The molecule has 4 nitrogen and oxygen atoms in total. The van der Waals surface area contributed by atoms with E-state index in [2.05, 4.69) is 15.5 Å². The summed E-state index contributed by atoms with van der Waals surface area (Å²) in [4.78, 5) is 15.6. The summed E-state index contributed by atoms with van der Waals surface area (Å²) in [7, 11) is 0. The van der Waals surface area contributed by atoms with Crippen molar-refractivity contribution < 1.29 is 4.79 Å². The summed E-state index contributed by atoms with van der Waals surface area (Å²) in [6.07, 6.45) is 1.00. The van der Waals surface area contributed by atoms with Crippen LogP contribution in [0.2, 0.25) is 5.02 Å². The molecule has 0 aromatic heterocycles. The van der Waals surface area contributed by atoms with Gasteiger partial charge in [-0.2, -0.15) is 0 Å². The molecule has 0 radical (unpaired) electrons. The third-order valence-corrected chi connectivity index (χ3v) is 5.02. The first kappa shape index (κ1) is 17.6. The smallest absolute Gasteiger partial charge is 0.233 e. The van der Waals surface area contributed by atoms with Gasteiger partial charge in [-0.15, -0.1) is 11.8 Å². The topological polar surface area (TPSA) is 44.4 Å². The Kier molecular flexibility index (Phi) is 7.52. The molecule has 1 atom stereocenters. The minimum Gasteiger partial charge on any atom is -0.355 e. The van der Waals surface area contributed by atoms with Gasteiger partial charge in [-0.25, -0.2) is 0 Å². The van der Waals surface area contributed by atoms with Gasteiger partial charge in [0.15, 0.2) is 0 Å². The van der Waals surface area contributed by atoms with E-state index in [-0.39, 0.29) is 11.2 Å². The van der Waals surface area contributed by atoms with Gasteiger partial charge in [0, 0.05) is 42.6 Å². The van der Waals surface area contributed by atoms with Crippen molar-refractivity contribution in [1.29, 1.82) is 0 Å². The first-order chi connectivity index (χ1) is 10.6. The van der Waals surface area contributed by atoms with Gasteiger partial charge in [-0.05, 0) is 44.2 Å². The molecule has 1 unspecified atom stereocenters. The number of nitrogens with zero attached hydrogens (tertiary/aromatic N) is 1. The molecule has 1 heterocycles. The second-order valence-corrected chi connectivity index (χ2v) is 7.30. The van der Waals surface area contributed by atoms with E-state index in [1.807, 2.05) is 31.2 Å². The van der Waals surface area contributed by atoms with Crippen LogP contribution >= 0.6 is 23.4 Å². The molecule has 0 bridgehead atoms. The Balaban J connectivity index is 1.62. The summed E-state index contributed by atoms with van der Waals surface area (Å²) in [5.74, 6) is 0.0975. The summed E-state index contributed by atoms with van der Waals surface area (Å²) >= 11 is 7.42. The molecular formula is C16H24ClN3OS. The highest BCUT2D eigenvalue weighted by Crippen LogP contribution is 2.24. The minimum absolute atomic E-state index is 0.0969. The number of carbonyl (C=O) groups excluding carboxylic acids is 1. The van der Waals surface area contributed by atoms with Crippen molar-refractivity contribution in [3.8, 4) is 0 Å². The number of halogens is 1. The van der Waals surface area contributed by atoms with Crippen LogP contribution in [-0.4, -0.2) is 55.3 Å². The molecule has 1 aromatic carbocycles. The monoisotopic (exact) mass is 341 g/mol. The number of hydrogen-bond acceptors (Lipinski definition) is 4. The van der Waals surface area contributed by atoms with Crippen LogP contribution in [0.4, 0.5) is 0 Å². The van der Waals surface area contributed by atoms with Gasteiger partial charge in [0.05, 0.1) is 5.25 Å². The van der Waals surface area contributed by atoms with Crippen molar-refractivity contribution in [1.82, 2.24) is 15.5 Å². The van der Waals surface area contributed by atoms with Gasteiger partial charge >= 0.3 is 0 Å². The van der Waals surface area contributed by atoms with Crippen molar-refractivity contribution >= 4 is 29.3 Å². The Morgan fingerprint density at radius 1 is 1.36 bits per heavy atom. The fourth-order valence-corrected chi connectivity index (χ4v) is 3.38. The van der Waals surface area contributed by atoms with Crippen LogP contribution in [0.5, 0.6) is 0 Å². The molecule has 122 valence electrons. The molecule has 1 aromatic rings. The fourth-order valence-electron chi connectivity index (χ4n) is 2.36. The molecule has 1 aliphatic rings. The van der Waals surface area contributed by atoms with Crippen LogP contribution < -0.4 is 10.6 Å². The van der Waals surface area contributed by atoms with Crippen molar-refractivity contribution in [3.63, 3.8) is 0 Å². The molecule has 1 fully saturated rings. The van der Waals surface area contributed by atoms with Crippen LogP contribution in [0, 0.1) is 0 Å². The normalized spacial score (nSPS) is 17.2. The van der Waals surface area contributed by atoms with E-state index in [0.29, 0.717) is 0 Å². The first-order valence-electron chi connectivity index (χ1n) is 7.78. The minimum atomic E-state index is -0.0969. The molecule has 6 heteroatoms. The Morgan fingerprint density at radius 3 is 2.73 bits per heavy atom. The largest absolute Gasteiger partial charge is 0.355 e. The van der Waals surface area contributed by atoms with Crippen LogP contribution in [-0.2, 0) is 4.79 Å². The fraction of sp³-hybridized carbons (Fsp3) is 0.562. The zero-order valence-electron chi connectivity index (χ0n) is 13.0. The second-order valence-electron chi connectivity index (χ2n) is 5.45. The average molecular weight is 342 g/mol. The van der Waals surface area contributed by atoms with E-state index < -0.39 is 0 Å². The Labute approximate surface area is 142 Å². The zero-order chi connectivity index (χ0) is 15.8. The molecule has 1 saturated heterocycles. The number of thioether (sulfide) groups is 1. The summed E-state index contributed by atoms with van der Waals surface area (Å²) in [6.45, 7) is 8.09. The van der Waals surface area contributed by atoms with E-state index >= 15 is 0 Å². The quantitative estimate of drug-likeness (QED) is 0.589. The number of carbonyl (C=O) groups is 1. The van der Waals surface area contributed by atoms with Gasteiger partial charge in [-0.1, -0.05) is 11.6 Å². The van der Waals surface area contributed by atoms with Gasteiger partial charge in [0.25, 0.3) is 0 Å². The molecule has 1 aliphatic heterocycles. The van der Waals surface area contributed by atoms with E-state index in [0.717, 1.165) is 55.6 Å². The molecule has 0 aliphatic carbocycles. The van der Waals surface area contributed by atoms with Gasteiger partial charge in [0.1, 0.15) is 0 Å². The van der Waals surface area contributed by atoms with Gasteiger partial charge < -0.3 is 15.5 Å². The molecule has 22 heavy (non-hydrogen) atoms. The highest BCUT2D eigenvalue weighted by Gasteiger charge is 2.14. The predicted octanol–water partition coefficient (Wildman–Crippen LogP) is 2.23. The van der Waals surface area contributed by atoms with E-state index in [1.54, 1.807) is 11.8 Å². The van der Waals surface area contributed by atoms with Crippen molar-refractivity contribution in [2.75, 3.05) is 39.3 Å². The molecule has 0 spiro atoms. The lowest BCUT2D eigenvalue weighted by Crippen LogP contribution is -2.44. The van der Waals surface area contributed by atoms with Crippen molar-refractivity contribution in [2.45, 2.75) is 23.5 Å². The first-order valence-corrected chi connectivity index (χ1v) is 9.04. The number of amides is 1. The second kappa shape index (κ2) is 9.40. The molecule has 2 rings (SSSR count). The maximum Gasteiger partial charge on any atom is 0.233 e. The van der Waals surface area contributed by atoms with E-state index in [9.17, 15) is 4.79 Å². The summed E-state index contributed by atoms with van der Waals surface area (Å²) in [6, 6.07) is 7.59.